The van der Waals surface area contributed by atoms with Crippen molar-refractivity contribution >= 4 is 12.4 Å². The van der Waals surface area contributed by atoms with Crippen molar-refractivity contribution in [3.8, 4) is 0 Å². The lowest BCUT2D eigenvalue weighted by molar-refractivity contribution is -0.137. The van der Waals surface area contributed by atoms with Crippen LogP contribution < -0.4 is 5.56 Å². The molecule has 1 saturated heterocycles. The van der Waals surface area contributed by atoms with Crippen LogP contribution in [0, 0.1) is 5.92 Å². The molecule has 0 unspecified atom stereocenters. The third-order valence-corrected chi connectivity index (χ3v) is 5.86. The Hall–Kier alpha value is -1.86. The molecule has 1 N–H and O–H groups in total. The number of nitrogens with zero attached hydrogens (tertiary/aromatic N) is 2. The molecule has 0 bridgehead atoms. The Balaban J connectivity index is 0.00000225. The molecule has 1 aromatic carbocycles. The van der Waals surface area contributed by atoms with Crippen LogP contribution in [0.5, 0.6) is 0 Å². The van der Waals surface area contributed by atoms with E-state index in [2.05, 4.69) is 14.9 Å². The Morgan fingerprint density at radius 2 is 1.93 bits per heavy atom. The van der Waals surface area contributed by atoms with Gasteiger partial charge in [0.15, 0.2) is 0 Å². The van der Waals surface area contributed by atoms with Gasteiger partial charge in [-0.05, 0) is 49.4 Å². The molecule has 2 heterocycles. The van der Waals surface area contributed by atoms with E-state index in [0.717, 1.165) is 50.9 Å². The Morgan fingerprint density at radius 3 is 2.61 bits per heavy atom. The summed E-state index contributed by atoms with van der Waals surface area (Å²) in [7, 11) is 0. The standard InChI is InChI=1S/C20H22F3N3O.ClH/c21-20(22,23)15-6-4-14(5-7-15)19-11-16(19)12-26(13-19)10-2-1-3-17-24-9-8-18(27)25-17;/h4-9,16H,1-3,10-13H2,(H,24,25,27);1H/t16-,19+;/m0./s1. The van der Waals surface area contributed by atoms with E-state index in [1.165, 1.54) is 18.2 Å². The topological polar surface area (TPSA) is 49.0 Å². The first kappa shape index (κ1) is 20.9. The van der Waals surface area contributed by atoms with Crippen LogP contribution in [-0.2, 0) is 18.0 Å². The number of benzene rings is 1. The highest BCUT2D eigenvalue weighted by atomic mass is 35.5. The summed E-state index contributed by atoms with van der Waals surface area (Å²) in [5.41, 5.74) is 0.286. The summed E-state index contributed by atoms with van der Waals surface area (Å²) in [6, 6.07) is 7.12. The highest BCUT2D eigenvalue weighted by Crippen LogP contribution is 2.59. The normalized spacial score (nSPS) is 23.9. The maximum atomic E-state index is 12.8. The molecule has 152 valence electrons. The summed E-state index contributed by atoms with van der Waals surface area (Å²) in [6.07, 6.45) is 1.11. The highest BCUT2D eigenvalue weighted by Gasteiger charge is 2.60. The number of fused-ring (bicyclic) bond motifs is 1. The van der Waals surface area contributed by atoms with Crippen LogP contribution in [0.1, 0.15) is 36.2 Å². The molecule has 0 amide bonds. The number of nitrogens with one attached hydrogen (secondary N) is 1. The van der Waals surface area contributed by atoms with Gasteiger partial charge in [-0.25, -0.2) is 0 Å². The monoisotopic (exact) mass is 413 g/mol. The number of H-pyrrole nitrogens is 1. The largest absolute Gasteiger partial charge is 0.416 e. The Labute approximate surface area is 167 Å². The second-order valence-corrected chi connectivity index (χ2v) is 7.70. The second-order valence-electron chi connectivity index (χ2n) is 7.70. The lowest BCUT2D eigenvalue weighted by Crippen LogP contribution is -2.27. The van der Waals surface area contributed by atoms with Crippen LogP contribution in [0.15, 0.2) is 41.3 Å². The van der Waals surface area contributed by atoms with Crippen LogP contribution in [0.2, 0.25) is 0 Å². The number of hydrogen-bond donors (Lipinski definition) is 1. The molecule has 2 atom stereocenters. The smallest absolute Gasteiger partial charge is 0.350 e. The fraction of sp³-hybridized carbons (Fsp3) is 0.500. The average molecular weight is 414 g/mol. The summed E-state index contributed by atoms with van der Waals surface area (Å²) in [6.45, 7) is 2.90. The van der Waals surface area contributed by atoms with E-state index in [1.807, 2.05) is 0 Å². The molecule has 0 spiro atoms. The second kappa shape index (κ2) is 7.87. The van der Waals surface area contributed by atoms with Gasteiger partial charge in [0.2, 0.25) is 0 Å². The molecule has 1 aromatic heterocycles. The molecule has 4 nitrogen and oxygen atoms in total. The number of aromatic nitrogens is 2. The fourth-order valence-electron chi connectivity index (χ4n) is 4.36. The predicted octanol–water partition coefficient (Wildman–Crippen LogP) is 3.81. The molecule has 2 aromatic rings. The zero-order chi connectivity index (χ0) is 19.1. The van der Waals surface area contributed by atoms with E-state index < -0.39 is 11.7 Å². The number of halogens is 4. The molecule has 4 rings (SSSR count). The number of alkyl halides is 3. The van der Waals surface area contributed by atoms with Crippen molar-refractivity contribution in [2.24, 2.45) is 5.92 Å². The number of unbranched alkanes of at least 4 members (excludes halogenated alkanes) is 1. The number of hydrogen-bond acceptors (Lipinski definition) is 3. The number of aromatic amines is 1. The number of piperidine rings is 1. The maximum absolute atomic E-state index is 12.8. The summed E-state index contributed by atoms with van der Waals surface area (Å²) >= 11 is 0. The lowest BCUT2D eigenvalue weighted by atomic mass is 9.94. The van der Waals surface area contributed by atoms with Crippen molar-refractivity contribution in [3.63, 3.8) is 0 Å². The predicted molar refractivity (Wildman–Crippen MR) is 103 cm³/mol. The summed E-state index contributed by atoms with van der Waals surface area (Å²) in [5.74, 6) is 1.27. The number of aryl methyl sites for hydroxylation is 1. The van der Waals surface area contributed by atoms with Gasteiger partial charge in [-0.3, -0.25) is 4.79 Å². The molecule has 1 aliphatic heterocycles. The van der Waals surface area contributed by atoms with E-state index >= 15 is 0 Å². The first-order chi connectivity index (χ1) is 12.9. The van der Waals surface area contributed by atoms with Crippen LogP contribution in [0.4, 0.5) is 13.2 Å². The third kappa shape index (κ3) is 4.25. The molecular weight excluding hydrogens is 391 g/mol. The molecule has 28 heavy (non-hydrogen) atoms. The van der Waals surface area contributed by atoms with Gasteiger partial charge in [-0.1, -0.05) is 12.1 Å². The van der Waals surface area contributed by atoms with Gasteiger partial charge in [-0.2, -0.15) is 18.2 Å². The van der Waals surface area contributed by atoms with Gasteiger partial charge in [0, 0.05) is 37.2 Å². The number of likely N-dealkylation sites (tertiary alicyclic amines) is 1. The minimum absolute atomic E-state index is 0. The molecule has 2 aliphatic rings. The Morgan fingerprint density at radius 1 is 1.18 bits per heavy atom. The van der Waals surface area contributed by atoms with Gasteiger partial charge in [0.05, 0.1) is 5.56 Å². The fourth-order valence-corrected chi connectivity index (χ4v) is 4.36. The van der Waals surface area contributed by atoms with Gasteiger partial charge >= 0.3 is 6.18 Å². The first-order valence-corrected chi connectivity index (χ1v) is 9.31. The molecule has 2 fully saturated rings. The van der Waals surface area contributed by atoms with Crippen molar-refractivity contribution in [1.82, 2.24) is 14.9 Å². The van der Waals surface area contributed by atoms with Crippen LogP contribution in [-0.4, -0.2) is 34.5 Å². The zero-order valence-electron chi connectivity index (χ0n) is 15.3. The van der Waals surface area contributed by atoms with Crippen molar-refractivity contribution in [1.29, 1.82) is 0 Å². The molecule has 1 aliphatic carbocycles. The zero-order valence-corrected chi connectivity index (χ0v) is 16.2. The third-order valence-electron chi connectivity index (χ3n) is 5.86. The SMILES string of the molecule is Cl.O=c1cc[nH]c(CCCCN2C[C@@H]3C[C@]3(c3ccc(C(F)(F)F)cc3)C2)n1. The molecular formula is C20H23ClF3N3O. The highest BCUT2D eigenvalue weighted by molar-refractivity contribution is 5.85. The van der Waals surface area contributed by atoms with E-state index in [4.69, 9.17) is 0 Å². The van der Waals surface area contributed by atoms with E-state index in [9.17, 15) is 18.0 Å². The van der Waals surface area contributed by atoms with Crippen LogP contribution >= 0.6 is 12.4 Å². The minimum atomic E-state index is -4.28. The lowest BCUT2D eigenvalue weighted by Gasteiger charge is -2.21. The van der Waals surface area contributed by atoms with E-state index in [0.29, 0.717) is 11.7 Å². The maximum Gasteiger partial charge on any atom is 0.416 e. The van der Waals surface area contributed by atoms with E-state index in [1.54, 1.807) is 18.3 Å². The molecule has 0 radical (unpaired) electrons. The summed E-state index contributed by atoms with van der Waals surface area (Å²) in [5, 5.41) is 0. The molecule has 8 heteroatoms. The number of rotatable bonds is 6. The summed E-state index contributed by atoms with van der Waals surface area (Å²) in [4.78, 5) is 20.5. The van der Waals surface area contributed by atoms with Gasteiger partial charge in [0.1, 0.15) is 5.82 Å². The van der Waals surface area contributed by atoms with Gasteiger partial charge in [-0.15, -0.1) is 12.4 Å². The van der Waals surface area contributed by atoms with Crippen molar-refractivity contribution < 1.29 is 13.2 Å². The van der Waals surface area contributed by atoms with Crippen LogP contribution in [0.3, 0.4) is 0 Å². The summed E-state index contributed by atoms with van der Waals surface area (Å²) < 4.78 is 38.3. The average Bonchev–Trinajstić information content (AvgIpc) is 3.20. The van der Waals surface area contributed by atoms with Crippen molar-refractivity contribution in [3.05, 3.63) is 63.8 Å². The van der Waals surface area contributed by atoms with Crippen LogP contribution in [0.25, 0.3) is 0 Å². The first-order valence-electron chi connectivity index (χ1n) is 9.31. The van der Waals surface area contributed by atoms with Crippen molar-refractivity contribution in [2.45, 2.75) is 37.3 Å². The van der Waals surface area contributed by atoms with Gasteiger partial charge < -0.3 is 9.88 Å². The van der Waals surface area contributed by atoms with Gasteiger partial charge in [0.25, 0.3) is 5.56 Å². The Bertz CT molecular complexity index is 868. The van der Waals surface area contributed by atoms with E-state index in [-0.39, 0.29) is 23.4 Å². The minimum Gasteiger partial charge on any atom is -0.350 e. The molecule has 1 saturated carbocycles. The quantitative estimate of drug-likeness (QED) is 0.733. The Kier molecular flexibility index (Phi) is 5.87. The van der Waals surface area contributed by atoms with Crippen molar-refractivity contribution in [2.75, 3.05) is 19.6 Å².